The molecule has 1 saturated heterocycles. The van der Waals surface area contributed by atoms with Crippen molar-refractivity contribution in [2.24, 2.45) is 0 Å². The summed E-state index contributed by atoms with van der Waals surface area (Å²) < 4.78 is 2.15. The summed E-state index contributed by atoms with van der Waals surface area (Å²) >= 11 is 11.9. The molecule has 4 rings (SSSR count). The molecule has 0 spiro atoms. The molecule has 1 aliphatic rings. The van der Waals surface area contributed by atoms with E-state index in [-0.39, 0.29) is 17.8 Å². The number of phenols is 1. The molecule has 2 unspecified atom stereocenters. The summed E-state index contributed by atoms with van der Waals surface area (Å²) in [6, 6.07) is 12.9. The first-order valence-corrected chi connectivity index (χ1v) is 9.91. The van der Waals surface area contributed by atoms with Crippen LogP contribution >= 0.6 is 23.8 Å². The highest BCUT2D eigenvalue weighted by Crippen LogP contribution is 2.45. The summed E-state index contributed by atoms with van der Waals surface area (Å²) in [5.41, 5.74) is 2.54. The van der Waals surface area contributed by atoms with Gasteiger partial charge in [0.1, 0.15) is 5.75 Å². The van der Waals surface area contributed by atoms with Gasteiger partial charge in [-0.25, -0.2) is 0 Å². The van der Waals surface area contributed by atoms with Gasteiger partial charge in [-0.1, -0.05) is 17.7 Å². The van der Waals surface area contributed by atoms with Crippen molar-refractivity contribution in [1.29, 1.82) is 0 Å². The van der Waals surface area contributed by atoms with E-state index in [0.717, 1.165) is 11.3 Å². The third-order valence-corrected chi connectivity index (χ3v) is 5.52. The Morgan fingerprint density at radius 1 is 1.21 bits per heavy atom. The molecular weight excluding hydrogens is 392 g/mol. The van der Waals surface area contributed by atoms with Crippen molar-refractivity contribution in [2.75, 3.05) is 4.90 Å². The highest BCUT2D eigenvalue weighted by molar-refractivity contribution is 7.80. The number of aromatic nitrogens is 2. The van der Waals surface area contributed by atoms with Crippen molar-refractivity contribution in [3.63, 3.8) is 0 Å². The van der Waals surface area contributed by atoms with Crippen LogP contribution in [0, 0.1) is 0 Å². The highest BCUT2D eigenvalue weighted by Gasteiger charge is 2.42. The molecule has 0 bridgehead atoms. The van der Waals surface area contributed by atoms with E-state index in [0.29, 0.717) is 21.9 Å². The molecule has 144 valence electrons. The van der Waals surface area contributed by atoms with Gasteiger partial charge >= 0.3 is 0 Å². The second-order valence-electron chi connectivity index (χ2n) is 7.12. The Hall–Kier alpha value is -2.57. The van der Waals surface area contributed by atoms with Crippen LogP contribution in [0.1, 0.15) is 43.2 Å². The second kappa shape index (κ2) is 7.45. The first kappa shape index (κ1) is 18.8. The number of phenolic OH excluding ortho intramolecular Hbond substituents is 1. The Balaban J connectivity index is 1.85. The van der Waals surface area contributed by atoms with Gasteiger partial charge in [0.2, 0.25) is 0 Å². The Bertz CT molecular complexity index is 1000. The molecule has 0 radical (unpaired) electrons. The van der Waals surface area contributed by atoms with E-state index in [9.17, 15) is 5.11 Å². The lowest BCUT2D eigenvalue weighted by molar-refractivity contribution is 0.472. The summed E-state index contributed by atoms with van der Waals surface area (Å²) in [6.07, 6.45) is 5.96. The number of anilines is 1. The zero-order valence-corrected chi connectivity index (χ0v) is 17.2. The number of nitrogens with zero attached hydrogens (tertiary/aromatic N) is 3. The van der Waals surface area contributed by atoms with E-state index in [1.165, 1.54) is 0 Å². The molecule has 2 aromatic heterocycles. The SMILES string of the molecule is CC(C)n1ccc(C2C(c3ccccn3)NC(=S)N2c2cc(Cl)ccc2O)c1. The van der Waals surface area contributed by atoms with Crippen LogP contribution in [-0.4, -0.2) is 19.8 Å². The van der Waals surface area contributed by atoms with Crippen molar-refractivity contribution >= 4 is 34.6 Å². The van der Waals surface area contributed by atoms with Crippen molar-refractivity contribution < 1.29 is 5.11 Å². The average molecular weight is 413 g/mol. The Morgan fingerprint density at radius 2 is 2.04 bits per heavy atom. The third kappa shape index (κ3) is 3.34. The predicted octanol–water partition coefficient (Wildman–Crippen LogP) is 5.00. The van der Waals surface area contributed by atoms with Crippen LogP contribution in [0.2, 0.25) is 5.02 Å². The lowest BCUT2D eigenvalue weighted by Gasteiger charge is -2.28. The minimum absolute atomic E-state index is 0.128. The molecule has 0 saturated carbocycles. The number of thiocarbonyl (C=S) groups is 1. The number of aromatic hydroxyl groups is 1. The van der Waals surface area contributed by atoms with Gasteiger partial charge in [-0.3, -0.25) is 4.98 Å². The third-order valence-electron chi connectivity index (χ3n) is 4.97. The molecule has 2 atom stereocenters. The quantitative estimate of drug-likeness (QED) is 0.590. The molecule has 7 heteroatoms. The largest absolute Gasteiger partial charge is 0.506 e. The van der Waals surface area contributed by atoms with Gasteiger partial charge in [0.25, 0.3) is 0 Å². The van der Waals surface area contributed by atoms with Gasteiger partial charge in [-0.2, -0.15) is 0 Å². The monoisotopic (exact) mass is 412 g/mol. The topological polar surface area (TPSA) is 53.3 Å². The fourth-order valence-corrected chi connectivity index (χ4v) is 4.07. The van der Waals surface area contributed by atoms with Crippen LogP contribution in [0.15, 0.2) is 61.1 Å². The van der Waals surface area contributed by atoms with E-state index in [4.69, 9.17) is 23.8 Å². The van der Waals surface area contributed by atoms with Crippen LogP contribution in [0.3, 0.4) is 0 Å². The van der Waals surface area contributed by atoms with Gasteiger partial charge in [-0.15, -0.1) is 0 Å². The van der Waals surface area contributed by atoms with Gasteiger partial charge in [-0.05, 0) is 68.0 Å². The minimum atomic E-state index is -0.174. The lowest BCUT2D eigenvalue weighted by atomic mass is 9.98. The zero-order chi connectivity index (χ0) is 19.8. The van der Waals surface area contributed by atoms with E-state index >= 15 is 0 Å². The zero-order valence-electron chi connectivity index (χ0n) is 15.6. The molecule has 2 N–H and O–H groups in total. The van der Waals surface area contributed by atoms with Gasteiger partial charge in [0.05, 0.1) is 23.5 Å². The maximum absolute atomic E-state index is 10.5. The van der Waals surface area contributed by atoms with Crippen LogP contribution in [0.25, 0.3) is 0 Å². The van der Waals surface area contributed by atoms with Gasteiger partial charge < -0.3 is 19.9 Å². The van der Waals surface area contributed by atoms with Crippen molar-refractivity contribution in [3.05, 3.63) is 77.3 Å². The minimum Gasteiger partial charge on any atom is -0.506 e. The number of hydrogen-bond acceptors (Lipinski definition) is 3. The predicted molar refractivity (Wildman–Crippen MR) is 116 cm³/mol. The Morgan fingerprint density at radius 3 is 2.71 bits per heavy atom. The standard InChI is InChI=1S/C21H21ClN4OS/c1-13(2)25-10-8-14(12-25)20-19(16-5-3-4-9-23-16)24-21(28)26(20)17-11-15(22)6-7-18(17)27/h3-13,19-20,27H,1-2H3,(H,24,28). The molecule has 1 aromatic carbocycles. The van der Waals surface area contributed by atoms with E-state index in [2.05, 4.69) is 47.2 Å². The number of halogens is 1. The fourth-order valence-electron chi connectivity index (χ4n) is 3.57. The molecule has 28 heavy (non-hydrogen) atoms. The maximum Gasteiger partial charge on any atom is 0.174 e. The summed E-state index contributed by atoms with van der Waals surface area (Å²) in [7, 11) is 0. The van der Waals surface area contributed by atoms with Gasteiger partial charge in [0, 0.05) is 29.7 Å². The smallest absolute Gasteiger partial charge is 0.174 e. The Kier molecular flexibility index (Phi) is 5.00. The normalized spacial score (nSPS) is 19.3. The van der Waals surface area contributed by atoms with Gasteiger partial charge in [0.15, 0.2) is 5.11 Å². The van der Waals surface area contributed by atoms with Crippen LogP contribution in [-0.2, 0) is 0 Å². The van der Waals surface area contributed by atoms with Crippen LogP contribution in [0.4, 0.5) is 5.69 Å². The number of pyridine rings is 1. The lowest BCUT2D eigenvalue weighted by Crippen LogP contribution is -2.29. The second-order valence-corrected chi connectivity index (χ2v) is 7.94. The molecule has 3 heterocycles. The van der Waals surface area contributed by atoms with Crippen molar-refractivity contribution in [1.82, 2.24) is 14.9 Å². The molecule has 5 nitrogen and oxygen atoms in total. The van der Waals surface area contributed by atoms with E-state index in [1.807, 2.05) is 23.1 Å². The first-order valence-electron chi connectivity index (χ1n) is 9.12. The number of benzene rings is 1. The van der Waals surface area contributed by atoms with Crippen molar-refractivity contribution in [3.8, 4) is 5.75 Å². The summed E-state index contributed by atoms with van der Waals surface area (Å²) in [6.45, 7) is 4.27. The average Bonchev–Trinajstić information content (AvgIpc) is 3.29. The van der Waals surface area contributed by atoms with Crippen molar-refractivity contribution in [2.45, 2.75) is 32.0 Å². The molecule has 3 aromatic rings. The number of rotatable bonds is 4. The maximum atomic E-state index is 10.5. The highest BCUT2D eigenvalue weighted by atomic mass is 35.5. The van der Waals surface area contributed by atoms with Crippen LogP contribution in [0.5, 0.6) is 5.75 Å². The number of nitrogens with one attached hydrogen (secondary N) is 1. The fraction of sp³-hybridized carbons (Fsp3) is 0.238. The van der Waals surface area contributed by atoms with E-state index < -0.39 is 0 Å². The first-order chi connectivity index (χ1) is 13.5. The van der Waals surface area contributed by atoms with Crippen LogP contribution < -0.4 is 10.2 Å². The summed E-state index contributed by atoms with van der Waals surface area (Å²) in [5.74, 6) is 0.128. The summed E-state index contributed by atoms with van der Waals surface area (Å²) in [4.78, 5) is 6.46. The molecular formula is C21H21ClN4OS. The van der Waals surface area contributed by atoms with E-state index in [1.54, 1.807) is 24.4 Å². The summed E-state index contributed by atoms with van der Waals surface area (Å²) in [5, 5.41) is 15.0. The molecule has 1 aliphatic heterocycles. The number of hydrogen-bond donors (Lipinski definition) is 2. The Labute approximate surface area is 174 Å². The molecule has 0 amide bonds. The molecule has 0 aliphatic carbocycles. The molecule has 1 fully saturated rings.